The lowest BCUT2D eigenvalue weighted by molar-refractivity contribution is -0.161. The quantitative estimate of drug-likeness (QED) is 0.0222. The Kier molecular flexibility index (Phi) is 72.2. The molecule has 0 heterocycles. The van der Waals surface area contributed by atoms with Crippen molar-refractivity contribution in [1.82, 2.24) is 0 Å². The minimum absolute atomic E-state index is 0.108. The van der Waals surface area contributed by atoms with Gasteiger partial charge in [0.15, 0.2) is 12.2 Å². The molecule has 0 fully saturated rings. The molecule has 0 spiro atoms. The Hall–Kier alpha value is -1.94. The van der Waals surface area contributed by atoms with Crippen molar-refractivity contribution in [2.75, 3.05) is 39.6 Å². The van der Waals surface area contributed by atoms with E-state index in [9.17, 15) is 43.2 Å². The second kappa shape index (κ2) is 73.6. The number of phosphoric ester groups is 2. The highest BCUT2D eigenvalue weighted by molar-refractivity contribution is 7.47. The predicted octanol–water partition coefficient (Wildman–Crippen LogP) is 24.7. The summed E-state index contributed by atoms with van der Waals surface area (Å²) in [6.45, 7) is 9.67. The topological polar surface area (TPSA) is 237 Å². The van der Waals surface area contributed by atoms with Gasteiger partial charge in [-0.25, -0.2) is 9.13 Å². The summed E-state index contributed by atoms with van der Waals surface area (Å²) >= 11 is 0. The molecule has 101 heavy (non-hydrogen) atoms. The van der Waals surface area contributed by atoms with Crippen LogP contribution in [0.2, 0.25) is 0 Å². The molecule has 0 saturated heterocycles. The summed E-state index contributed by atoms with van der Waals surface area (Å²) in [5.74, 6) is -0.533. The Labute approximate surface area is 619 Å². The molecule has 3 unspecified atom stereocenters. The molecule has 0 aromatic heterocycles. The number of carbonyl (C=O) groups is 4. The average molecular weight is 1480 g/mol. The van der Waals surface area contributed by atoms with E-state index in [1.54, 1.807) is 0 Å². The van der Waals surface area contributed by atoms with Crippen LogP contribution in [0.25, 0.3) is 0 Å². The van der Waals surface area contributed by atoms with Crippen LogP contribution >= 0.6 is 15.6 Å². The minimum Gasteiger partial charge on any atom is -0.462 e. The number of hydrogen-bond donors (Lipinski definition) is 3. The van der Waals surface area contributed by atoms with Gasteiger partial charge >= 0.3 is 39.5 Å². The third kappa shape index (κ3) is 74.7. The molecule has 0 saturated carbocycles. The van der Waals surface area contributed by atoms with Crippen LogP contribution in [0.4, 0.5) is 0 Å². The van der Waals surface area contributed by atoms with Crippen molar-refractivity contribution < 1.29 is 80.2 Å². The molecule has 3 N–H and O–H groups in total. The number of carbonyl (C=O) groups excluding carboxylic acids is 4. The standard InChI is InChI=1S/C82H160O17P2/c1-7-10-12-14-16-18-20-22-24-25-27-31-35-39-46-52-58-64-79(84)92-70-77(98-81(86)67-61-55-49-41-37-33-29-28-30-34-38-45-51-57-63-75(6)9-3)72-96-100(88,89)94-68-76(83)69-95-101(90,91)97-73-78(71-93-80(85)65-59-53-47-43-42-44-50-56-62-74(4)5)99-82(87)66-60-54-48-40-36-32-26-23-21-19-17-15-13-11-8-2/h74-78,83H,7-73H2,1-6H3,(H,88,89)(H,90,91)/t75?,76-,77-,78-/m1/s1. The normalized spacial score (nSPS) is 14.2. The van der Waals surface area contributed by atoms with Gasteiger partial charge < -0.3 is 33.8 Å². The van der Waals surface area contributed by atoms with Crippen LogP contribution < -0.4 is 0 Å². The lowest BCUT2D eigenvalue weighted by Gasteiger charge is -2.21. The Morgan fingerprint density at radius 2 is 0.505 bits per heavy atom. The van der Waals surface area contributed by atoms with E-state index in [-0.39, 0.29) is 25.7 Å². The van der Waals surface area contributed by atoms with Crippen molar-refractivity contribution in [2.24, 2.45) is 11.8 Å². The monoisotopic (exact) mass is 1480 g/mol. The third-order valence-electron chi connectivity index (χ3n) is 19.6. The van der Waals surface area contributed by atoms with Crippen molar-refractivity contribution in [3.63, 3.8) is 0 Å². The second-order valence-electron chi connectivity index (χ2n) is 30.2. The van der Waals surface area contributed by atoms with E-state index >= 15 is 0 Å². The van der Waals surface area contributed by atoms with Gasteiger partial charge in [0.2, 0.25) is 0 Å². The Morgan fingerprint density at radius 1 is 0.287 bits per heavy atom. The molecule has 0 aliphatic heterocycles. The van der Waals surface area contributed by atoms with Crippen molar-refractivity contribution >= 4 is 39.5 Å². The van der Waals surface area contributed by atoms with Crippen LogP contribution in [0.1, 0.15) is 433 Å². The van der Waals surface area contributed by atoms with Gasteiger partial charge in [0.25, 0.3) is 0 Å². The predicted molar refractivity (Wildman–Crippen MR) is 414 cm³/mol. The highest BCUT2D eigenvalue weighted by Crippen LogP contribution is 2.45. The van der Waals surface area contributed by atoms with Gasteiger partial charge in [0.05, 0.1) is 26.4 Å². The van der Waals surface area contributed by atoms with E-state index < -0.39 is 97.5 Å². The molecule has 0 aliphatic rings. The zero-order valence-corrected chi connectivity index (χ0v) is 68.0. The third-order valence-corrected chi connectivity index (χ3v) is 21.5. The highest BCUT2D eigenvalue weighted by Gasteiger charge is 2.30. The number of unbranched alkanes of at least 4 members (excludes halogenated alkanes) is 50. The van der Waals surface area contributed by atoms with E-state index in [0.717, 1.165) is 102 Å². The summed E-state index contributed by atoms with van der Waals surface area (Å²) in [7, 11) is -9.92. The second-order valence-corrected chi connectivity index (χ2v) is 33.1. The molecule has 0 aromatic rings. The summed E-state index contributed by atoms with van der Waals surface area (Å²) in [4.78, 5) is 73.1. The van der Waals surface area contributed by atoms with Gasteiger partial charge in [-0.15, -0.1) is 0 Å². The van der Waals surface area contributed by atoms with Crippen LogP contribution in [0, 0.1) is 11.8 Å². The van der Waals surface area contributed by atoms with E-state index in [4.69, 9.17) is 37.0 Å². The summed E-state index contributed by atoms with van der Waals surface area (Å²) in [5.41, 5.74) is 0. The molecule has 0 aromatic carbocycles. The van der Waals surface area contributed by atoms with Crippen LogP contribution in [0.15, 0.2) is 0 Å². The van der Waals surface area contributed by atoms with E-state index in [1.165, 1.54) is 250 Å². The Morgan fingerprint density at radius 3 is 0.752 bits per heavy atom. The smallest absolute Gasteiger partial charge is 0.462 e. The molecular formula is C82H160O17P2. The zero-order chi connectivity index (χ0) is 74.2. The van der Waals surface area contributed by atoms with Crippen molar-refractivity contribution in [2.45, 2.75) is 452 Å². The Bertz CT molecular complexity index is 1940. The zero-order valence-electron chi connectivity index (χ0n) is 66.2. The minimum atomic E-state index is -4.96. The van der Waals surface area contributed by atoms with Crippen molar-refractivity contribution in [1.29, 1.82) is 0 Å². The number of ether oxygens (including phenoxy) is 4. The first-order valence-corrected chi connectivity index (χ1v) is 45.5. The van der Waals surface area contributed by atoms with E-state index in [2.05, 4.69) is 41.5 Å². The summed E-state index contributed by atoms with van der Waals surface area (Å²) in [5, 5.41) is 10.7. The molecule has 0 radical (unpaired) electrons. The molecule has 0 bridgehead atoms. The number of aliphatic hydroxyl groups is 1. The lowest BCUT2D eigenvalue weighted by atomic mass is 9.99. The maximum atomic E-state index is 13.1. The fourth-order valence-electron chi connectivity index (χ4n) is 12.7. The molecule has 17 nitrogen and oxygen atoms in total. The highest BCUT2D eigenvalue weighted by atomic mass is 31.2. The van der Waals surface area contributed by atoms with E-state index in [1.807, 2.05) is 0 Å². The summed E-state index contributed by atoms with van der Waals surface area (Å²) < 4.78 is 68.8. The van der Waals surface area contributed by atoms with Gasteiger partial charge in [0, 0.05) is 25.7 Å². The molecule has 0 amide bonds. The van der Waals surface area contributed by atoms with Crippen molar-refractivity contribution in [3.8, 4) is 0 Å². The van der Waals surface area contributed by atoms with Gasteiger partial charge in [-0.2, -0.15) is 0 Å². The number of rotatable bonds is 81. The fourth-order valence-corrected chi connectivity index (χ4v) is 14.3. The molecule has 19 heteroatoms. The van der Waals surface area contributed by atoms with Crippen LogP contribution in [-0.2, 0) is 65.4 Å². The molecule has 600 valence electrons. The van der Waals surface area contributed by atoms with Crippen LogP contribution in [0.5, 0.6) is 0 Å². The molecular weight excluding hydrogens is 1320 g/mol. The number of phosphoric acid groups is 2. The van der Waals surface area contributed by atoms with Gasteiger partial charge in [-0.3, -0.25) is 37.3 Å². The molecule has 6 atom stereocenters. The molecule has 0 aliphatic carbocycles. The molecule has 0 rings (SSSR count). The van der Waals surface area contributed by atoms with Crippen LogP contribution in [-0.4, -0.2) is 96.7 Å². The fraction of sp³-hybridized carbons (Fsp3) is 0.951. The van der Waals surface area contributed by atoms with Crippen molar-refractivity contribution in [3.05, 3.63) is 0 Å². The maximum absolute atomic E-state index is 13.1. The van der Waals surface area contributed by atoms with Gasteiger partial charge in [0.1, 0.15) is 19.3 Å². The van der Waals surface area contributed by atoms with Gasteiger partial charge in [-0.05, 0) is 37.5 Å². The first kappa shape index (κ1) is 99.1. The largest absolute Gasteiger partial charge is 0.472 e. The Balaban J connectivity index is 5.26. The average Bonchev–Trinajstić information content (AvgIpc) is 0.984. The van der Waals surface area contributed by atoms with Gasteiger partial charge in [-0.1, -0.05) is 382 Å². The first-order chi connectivity index (χ1) is 48.9. The van der Waals surface area contributed by atoms with Crippen LogP contribution in [0.3, 0.4) is 0 Å². The number of aliphatic hydroxyl groups excluding tert-OH is 1. The summed E-state index contributed by atoms with van der Waals surface area (Å²) in [6.07, 6.45) is 63.7. The summed E-state index contributed by atoms with van der Waals surface area (Å²) in [6, 6.07) is 0. The SMILES string of the molecule is CCCCCCCCCCCCCCCCCCCC(=O)OC[C@H](COP(=O)(O)OC[C@@H](O)COP(=O)(O)OC[C@@H](COC(=O)CCCCCCCCCCC(C)C)OC(=O)CCCCCCCCCCCCCCCCC)OC(=O)CCCCCCCCCCCCCCCCC(C)CC. The lowest BCUT2D eigenvalue weighted by Crippen LogP contribution is -2.30. The number of esters is 4. The number of hydrogen-bond acceptors (Lipinski definition) is 15. The first-order valence-electron chi connectivity index (χ1n) is 42.5. The maximum Gasteiger partial charge on any atom is 0.472 e. The van der Waals surface area contributed by atoms with E-state index in [0.29, 0.717) is 25.7 Å².